The van der Waals surface area contributed by atoms with Gasteiger partial charge in [0.25, 0.3) is 0 Å². The van der Waals surface area contributed by atoms with Gasteiger partial charge in [-0.05, 0) is 50.1 Å². The molecule has 1 aromatic heterocycles. The average molecular weight is 562 g/mol. The molecule has 1 atom stereocenters. The minimum atomic E-state index is -0.471. The monoisotopic (exact) mass is 560 g/mol. The predicted molar refractivity (Wildman–Crippen MR) is 155 cm³/mol. The van der Waals surface area contributed by atoms with Gasteiger partial charge in [0.2, 0.25) is 0 Å². The average Bonchev–Trinajstić information content (AvgIpc) is 3.23. The molecule has 1 aliphatic heterocycles. The summed E-state index contributed by atoms with van der Waals surface area (Å²) in [4.78, 5) is 12.9. The molecule has 6 nitrogen and oxygen atoms in total. The van der Waals surface area contributed by atoms with Crippen LogP contribution in [0.25, 0.3) is 0 Å². The van der Waals surface area contributed by atoms with Gasteiger partial charge in [0, 0.05) is 49.0 Å². The Bertz CT molecular complexity index is 994. The fraction of sp³-hybridized carbons (Fsp3) is 0.536. The Kier molecular flexibility index (Phi) is 12.5. The first kappa shape index (κ1) is 29.9. The molecule has 198 valence electrons. The van der Waals surface area contributed by atoms with Crippen LogP contribution < -0.4 is 0 Å². The third-order valence-electron chi connectivity index (χ3n) is 6.50. The van der Waals surface area contributed by atoms with E-state index in [1.165, 1.54) is 12.8 Å². The lowest BCUT2D eigenvalue weighted by atomic mass is 10.0. The first-order chi connectivity index (χ1) is 17.3. The number of rotatable bonds is 15. The van der Waals surface area contributed by atoms with Crippen molar-refractivity contribution in [2.24, 2.45) is 15.9 Å². The highest BCUT2D eigenvalue weighted by Gasteiger charge is 2.31. The third-order valence-corrected chi connectivity index (χ3v) is 7.33. The maximum Gasteiger partial charge on any atom is 0.115 e. The third kappa shape index (κ3) is 8.66. The Labute approximate surface area is 225 Å². The summed E-state index contributed by atoms with van der Waals surface area (Å²) < 4.78 is 16.1. The number of nitrogens with zero attached hydrogens (tertiary/aromatic N) is 6. The molecule has 0 radical (unpaired) electrons. The summed E-state index contributed by atoms with van der Waals surface area (Å²) in [6, 6.07) is 0.377. The van der Waals surface area contributed by atoms with Crippen molar-refractivity contribution in [3.8, 4) is 0 Å². The molecule has 0 spiro atoms. The first-order valence-corrected chi connectivity index (χ1v) is 13.6. The molecule has 1 aromatic rings. The van der Waals surface area contributed by atoms with Crippen molar-refractivity contribution < 1.29 is 4.39 Å². The van der Waals surface area contributed by atoms with Crippen LogP contribution in [0.2, 0.25) is 0 Å². The maximum absolute atomic E-state index is 13.4. The van der Waals surface area contributed by atoms with Gasteiger partial charge >= 0.3 is 0 Å². The van der Waals surface area contributed by atoms with E-state index >= 15 is 0 Å². The van der Waals surface area contributed by atoms with Crippen molar-refractivity contribution in [3.05, 3.63) is 58.1 Å². The second-order valence-electron chi connectivity index (χ2n) is 9.43. The molecule has 2 rings (SSSR count). The second kappa shape index (κ2) is 15.1. The lowest BCUT2D eigenvalue weighted by molar-refractivity contribution is 0.0645. The van der Waals surface area contributed by atoms with Crippen molar-refractivity contribution in [1.29, 1.82) is 0 Å². The Morgan fingerprint density at radius 3 is 2.61 bits per heavy atom. The summed E-state index contributed by atoms with van der Waals surface area (Å²) in [6.07, 6.45) is 11.9. The van der Waals surface area contributed by atoms with Crippen LogP contribution in [0, 0.1) is 5.92 Å². The van der Waals surface area contributed by atoms with E-state index in [1.54, 1.807) is 0 Å². The Morgan fingerprint density at radius 2 is 2.06 bits per heavy atom. The number of alkyl halides is 1. The number of aryl methyl sites for hydroxylation is 1. The normalized spacial score (nSPS) is 16.9. The van der Waals surface area contributed by atoms with Crippen molar-refractivity contribution in [2.75, 3.05) is 26.3 Å². The van der Waals surface area contributed by atoms with Crippen LogP contribution in [0.4, 0.5) is 10.1 Å². The number of aliphatic imine (C=N–C) groups is 2. The summed E-state index contributed by atoms with van der Waals surface area (Å²) in [7, 11) is 0. The first-order valence-electron chi connectivity index (χ1n) is 12.8. The van der Waals surface area contributed by atoms with Gasteiger partial charge in [-0.2, -0.15) is 5.10 Å². The van der Waals surface area contributed by atoms with E-state index in [1.807, 2.05) is 43.8 Å². The maximum atomic E-state index is 13.4. The van der Waals surface area contributed by atoms with Crippen molar-refractivity contribution in [2.45, 2.75) is 66.5 Å². The van der Waals surface area contributed by atoms with Crippen LogP contribution in [0.3, 0.4) is 0 Å². The van der Waals surface area contributed by atoms with Crippen molar-refractivity contribution in [3.63, 3.8) is 0 Å². The number of aromatic nitrogens is 2. The molecule has 1 aliphatic rings. The topological polar surface area (TPSA) is 49.0 Å². The summed E-state index contributed by atoms with van der Waals surface area (Å²) in [5, 5.41) is 4.73. The minimum absolute atomic E-state index is 0.377. The quantitative estimate of drug-likeness (QED) is 0.134. The number of halogens is 2. The van der Waals surface area contributed by atoms with E-state index in [2.05, 4.69) is 69.1 Å². The molecule has 2 heterocycles. The molecule has 0 bridgehead atoms. The van der Waals surface area contributed by atoms with Gasteiger partial charge in [-0.15, -0.1) is 0 Å². The largest absolute Gasteiger partial charge is 0.346 e. The van der Waals surface area contributed by atoms with Crippen molar-refractivity contribution in [1.82, 2.24) is 19.6 Å². The fourth-order valence-electron chi connectivity index (χ4n) is 4.06. The molecule has 36 heavy (non-hydrogen) atoms. The number of hydrogen-bond donors (Lipinski definition) is 0. The molecule has 0 N–H and O–H groups in total. The Morgan fingerprint density at radius 1 is 1.33 bits per heavy atom. The lowest BCUT2D eigenvalue weighted by Gasteiger charge is -2.46. The number of likely N-dealkylation sites (tertiary alicyclic amines) is 1. The second-order valence-corrected chi connectivity index (χ2v) is 10.3. The molecule has 0 aromatic carbocycles. The van der Waals surface area contributed by atoms with E-state index in [0.29, 0.717) is 24.8 Å². The van der Waals surface area contributed by atoms with E-state index < -0.39 is 6.67 Å². The zero-order valence-electron chi connectivity index (χ0n) is 22.6. The molecule has 1 unspecified atom stereocenters. The van der Waals surface area contributed by atoms with Crippen LogP contribution in [0.1, 0.15) is 53.2 Å². The highest BCUT2D eigenvalue weighted by molar-refractivity contribution is 9.11. The standard InChI is InChI=1S/C28H42BrFN6/c1-8-22(6)15-34-17-25(18-34)36(21(4)5)16-23(11-12-26(29)24(9-2)14-30)13-27-28(32-20-31-7)19-35(10-3)33-27/h11-12,16,19-20,22,25H,4,7-10,13-15,17-18H2,1-3,5-6H3/b12-11+,23-16+,26-24-,32-20?. The molecule has 8 heteroatoms. The molecule has 0 amide bonds. The summed E-state index contributed by atoms with van der Waals surface area (Å²) >= 11 is 3.55. The molecular formula is C28H42BrFN6. The zero-order chi connectivity index (χ0) is 26.7. The lowest BCUT2D eigenvalue weighted by Crippen LogP contribution is -2.58. The van der Waals surface area contributed by atoms with Crippen LogP contribution in [-0.4, -0.2) is 65.0 Å². The van der Waals surface area contributed by atoms with Crippen LogP contribution in [-0.2, 0) is 13.0 Å². The van der Waals surface area contributed by atoms with E-state index in [4.69, 9.17) is 5.10 Å². The van der Waals surface area contributed by atoms with Gasteiger partial charge in [0.05, 0.1) is 17.9 Å². The van der Waals surface area contributed by atoms with Gasteiger partial charge < -0.3 is 4.90 Å². The van der Waals surface area contributed by atoms with E-state index in [0.717, 1.165) is 58.9 Å². The van der Waals surface area contributed by atoms with Gasteiger partial charge in [0.15, 0.2) is 0 Å². The smallest absolute Gasteiger partial charge is 0.115 e. The molecule has 0 saturated carbocycles. The highest BCUT2D eigenvalue weighted by atomic mass is 79.9. The molecular weight excluding hydrogens is 519 g/mol. The van der Waals surface area contributed by atoms with Crippen LogP contribution in [0.5, 0.6) is 0 Å². The summed E-state index contributed by atoms with van der Waals surface area (Å²) in [5.74, 6) is 0.698. The SMILES string of the molecule is C=NC=Nc1cn(CC)nc1CC(=C/N(C(=C)C)C1CN(CC(C)CC)C1)/C=C/C(Br)=C(\CC)CF. The Hall–Kier alpha value is -2.32. The zero-order valence-corrected chi connectivity index (χ0v) is 24.1. The molecule has 1 fully saturated rings. The Balaban J connectivity index is 2.40. The molecule has 0 aliphatic carbocycles. The van der Waals surface area contributed by atoms with Crippen LogP contribution >= 0.6 is 15.9 Å². The van der Waals surface area contributed by atoms with E-state index in [-0.39, 0.29) is 0 Å². The minimum Gasteiger partial charge on any atom is -0.346 e. The summed E-state index contributed by atoms with van der Waals surface area (Å²) in [6.45, 7) is 21.8. The fourth-order valence-corrected chi connectivity index (χ4v) is 4.58. The number of allylic oxidation sites excluding steroid dienone is 6. The van der Waals surface area contributed by atoms with Gasteiger partial charge in [-0.25, -0.2) is 9.38 Å². The van der Waals surface area contributed by atoms with Gasteiger partial charge in [-0.1, -0.05) is 55.8 Å². The van der Waals surface area contributed by atoms with E-state index in [9.17, 15) is 4.39 Å². The predicted octanol–water partition coefficient (Wildman–Crippen LogP) is 6.84. The van der Waals surface area contributed by atoms with Crippen molar-refractivity contribution >= 4 is 34.7 Å². The van der Waals surface area contributed by atoms with Crippen LogP contribution in [0.15, 0.2) is 62.4 Å². The summed E-state index contributed by atoms with van der Waals surface area (Å²) in [5.41, 5.74) is 4.38. The highest BCUT2D eigenvalue weighted by Crippen LogP contribution is 2.26. The number of hydrogen-bond acceptors (Lipinski definition) is 4. The molecule has 1 saturated heterocycles. The van der Waals surface area contributed by atoms with Gasteiger partial charge in [-0.3, -0.25) is 14.6 Å². The van der Waals surface area contributed by atoms with Gasteiger partial charge in [0.1, 0.15) is 18.7 Å².